The highest BCUT2D eigenvalue weighted by atomic mass is 79.9. The zero-order valence-electron chi connectivity index (χ0n) is 9.46. The smallest absolute Gasteiger partial charge is 0.223 e. The van der Waals surface area contributed by atoms with E-state index >= 15 is 0 Å². The quantitative estimate of drug-likeness (QED) is 0.798. The van der Waals surface area contributed by atoms with E-state index in [1.807, 2.05) is 0 Å². The predicted molar refractivity (Wildman–Crippen MR) is 64.1 cm³/mol. The van der Waals surface area contributed by atoms with E-state index < -0.39 is 0 Å². The van der Waals surface area contributed by atoms with Crippen molar-refractivity contribution in [2.24, 2.45) is 11.8 Å². The van der Waals surface area contributed by atoms with Crippen LogP contribution in [0.1, 0.15) is 26.7 Å². The van der Waals surface area contributed by atoms with Gasteiger partial charge in [0, 0.05) is 30.5 Å². The van der Waals surface area contributed by atoms with Crippen LogP contribution < -0.4 is 5.32 Å². The van der Waals surface area contributed by atoms with Crippen molar-refractivity contribution in [1.29, 1.82) is 0 Å². The van der Waals surface area contributed by atoms with E-state index in [0.29, 0.717) is 17.3 Å². The molecule has 0 saturated carbocycles. The van der Waals surface area contributed by atoms with Crippen LogP contribution in [0.15, 0.2) is 0 Å². The molecular formula is C11H20BrNO2. The normalized spacial score (nSPS) is 20.3. The minimum atomic E-state index is 0.158. The summed E-state index contributed by atoms with van der Waals surface area (Å²) in [5, 5.41) is 2.99. The largest absolute Gasteiger partial charge is 0.381 e. The molecule has 0 aromatic rings. The Morgan fingerprint density at radius 2 is 2.07 bits per heavy atom. The van der Waals surface area contributed by atoms with Gasteiger partial charge in [0.2, 0.25) is 5.91 Å². The third-order valence-electron chi connectivity index (χ3n) is 2.79. The Bertz CT molecular complexity index is 203. The van der Waals surface area contributed by atoms with Gasteiger partial charge in [0.05, 0.1) is 0 Å². The van der Waals surface area contributed by atoms with Gasteiger partial charge >= 0.3 is 0 Å². The van der Waals surface area contributed by atoms with Crippen molar-refractivity contribution in [3.8, 4) is 0 Å². The second-order valence-corrected chi connectivity index (χ2v) is 5.57. The molecule has 0 aromatic heterocycles. The van der Waals surface area contributed by atoms with Crippen molar-refractivity contribution in [3.63, 3.8) is 0 Å². The van der Waals surface area contributed by atoms with E-state index in [0.717, 1.165) is 26.1 Å². The summed E-state index contributed by atoms with van der Waals surface area (Å²) in [5.74, 6) is 0.883. The molecule has 1 amide bonds. The van der Waals surface area contributed by atoms with Crippen LogP contribution in [-0.2, 0) is 9.53 Å². The Labute approximate surface area is 100 Å². The molecule has 88 valence electrons. The van der Waals surface area contributed by atoms with Crippen LogP contribution in [0.5, 0.6) is 0 Å². The number of carbonyl (C=O) groups excluding carboxylic acids is 1. The lowest BCUT2D eigenvalue weighted by Gasteiger charge is -2.22. The Morgan fingerprint density at radius 1 is 1.47 bits per heavy atom. The monoisotopic (exact) mass is 277 g/mol. The number of halogens is 1. The summed E-state index contributed by atoms with van der Waals surface area (Å²) in [6.45, 7) is 6.44. The van der Waals surface area contributed by atoms with Crippen LogP contribution in [0.3, 0.4) is 0 Å². The zero-order valence-corrected chi connectivity index (χ0v) is 11.0. The van der Waals surface area contributed by atoms with Gasteiger partial charge in [0.1, 0.15) is 0 Å². The van der Waals surface area contributed by atoms with Gasteiger partial charge in [-0.2, -0.15) is 0 Å². The molecule has 1 N–H and O–H groups in total. The predicted octanol–water partition coefficient (Wildman–Crippen LogP) is 1.95. The number of carbonyl (C=O) groups is 1. The molecule has 4 heteroatoms. The number of amides is 1. The van der Waals surface area contributed by atoms with Gasteiger partial charge in [-0.1, -0.05) is 29.8 Å². The Balaban J connectivity index is 2.22. The lowest BCUT2D eigenvalue weighted by atomic mass is 9.99. The molecule has 3 nitrogen and oxygen atoms in total. The molecule has 0 spiro atoms. The highest BCUT2D eigenvalue weighted by Crippen LogP contribution is 2.15. The van der Waals surface area contributed by atoms with Crippen molar-refractivity contribution >= 4 is 21.8 Å². The minimum Gasteiger partial charge on any atom is -0.381 e. The lowest BCUT2D eigenvalue weighted by molar-refractivity contribution is -0.127. The molecule has 1 atom stereocenters. The first-order valence-electron chi connectivity index (χ1n) is 5.60. The number of alkyl halides is 1. The number of nitrogens with one attached hydrogen (secondary N) is 1. The van der Waals surface area contributed by atoms with Crippen LogP contribution in [0.4, 0.5) is 0 Å². The molecule has 1 fully saturated rings. The van der Waals surface area contributed by atoms with E-state index in [4.69, 9.17) is 4.74 Å². The number of hydrogen-bond acceptors (Lipinski definition) is 2. The maximum absolute atomic E-state index is 11.7. The highest BCUT2D eigenvalue weighted by Gasteiger charge is 2.22. The molecule has 0 bridgehead atoms. The van der Waals surface area contributed by atoms with Gasteiger partial charge in [-0.05, 0) is 18.8 Å². The van der Waals surface area contributed by atoms with Crippen LogP contribution in [0.25, 0.3) is 0 Å². The molecule has 1 heterocycles. The fourth-order valence-electron chi connectivity index (χ4n) is 1.54. The van der Waals surface area contributed by atoms with Crippen LogP contribution in [-0.4, -0.2) is 30.5 Å². The molecule has 1 rings (SSSR count). The standard InChI is InChI=1S/C11H20BrNO2/c1-8(2)10(12)7-13-11(14)9-3-5-15-6-4-9/h8-10H,3-7H2,1-2H3,(H,13,14). The summed E-state index contributed by atoms with van der Waals surface area (Å²) >= 11 is 3.56. The Morgan fingerprint density at radius 3 is 2.60 bits per heavy atom. The lowest BCUT2D eigenvalue weighted by Crippen LogP contribution is -2.38. The maximum atomic E-state index is 11.7. The second-order valence-electron chi connectivity index (χ2n) is 4.39. The first-order valence-corrected chi connectivity index (χ1v) is 6.52. The average molecular weight is 278 g/mol. The van der Waals surface area contributed by atoms with E-state index in [2.05, 4.69) is 35.1 Å². The van der Waals surface area contributed by atoms with Gasteiger partial charge in [-0.3, -0.25) is 4.79 Å². The molecule has 0 aromatic carbocycles. The molecule has 0 radical (unpaired) electrons. The third kappa shape index (κ3) is 4.51. The summed E-state index contributed by atoms with van der Waals surface area (Å²) in [7, 11) is 0. The van der Waals surface area contributed by atoms with Crippen molar-refractivity contribution in [2.45, 2.75) is 31.5 Å². The van der Waals surface area contributed by atoms with Gasteiger partial charge in [0.15, 0.2) is 0 Å². The number of ether oxygens (including phenoxy) is 1. The number of hydrogen-bond donors (Lipinski definition) is 1. The fraction of sp³-hybridized carbons (Fsp3) is 0.909. The fourth-order valence-corrected chi connectivity index (χ4v) is 1.70. The second kappa shape index (κ2) is 6.48. The van der Waals surface area contributed by atoms with Crippen LogP contribution in [0.2, 0.25) is 0 Å². The molecule has 1 aliphatic rings. The molecule has 1 saturated heterocycles. The molecule has 1 aliphatic heterocycles. The number of rotatable bonds is 4. The van der Waals surface area contributed by atoms with Gasteiger partial charge < -0.3 is 10.1 Å². The van der Waals surface area contributed by atoms with Gasteiger partial charge in [-0.15, -0.1) is 0 Å². The van der Waals surface area contributed by atoms with E-state index in [-0.39, 0.29) is 11.8 Å². The highest BCUT2D eigenvalue weighted by molar-refractivity contribution is 9.09. The zero-order chi connectivity index (χ0) is 11.3. The van der Waals surface area contributed by atoms with Crippen LogP contribution in [0, 0.1) is 11.8 Å². The van der Waals surface area contributed by atoms with E-state index in [1.165, 1.54) is 0 Å². The summed E-state index contributed by atoms with van der Waals surface area (Å²) < 4.78 is 5.22. The van der Waals surface area contributed by atoms with Crippen molar-refractivity contribution in [1.82, 2.24) is 5.32 Å². The molecular weight excluding hydrogens is 258 g/mol. The maximum Gasteiger partial charge on any atom is 0.223 e. The summed E-state index contributed by atoms with van der Waals surface area (Å²) in [4.78, 5) is 12.1. The molecule has 1 unspecified atom stereocenters. The van der Waals surface area contributed by atoms with Crippen LogP contribution >= 0.6 is 15.9 Å². The summed E-state index contributed by atoms with van der Waals surface area (Å²) in [5.41, 5.74) is 0. The SMILES string of the molecule is CC(C)C(Br)CNC(=O)C1CCOCC1. The van der Waals surface area contributed by atoms with Gasteiger partial charge in [-0.25, -0.2) is 0 Å². The Kier molecular flexibility index (Phi) is 5.61. The summed E-state index contributed by atoms with van der Waals surface area (Å²) in [6, 6.07) is 0. The van der Waals surface area contributed by atoms with Crippen molar-refractivity contribution in [2.75, 3.05) is 19.8 Å². The summed E-state index contributed by atoms with van der Waals surface area (Å²) in [6.07, 6.45) is 1.72. The average Bonchev–Trinajstić information content (AvgIpc) is 2.26. The third-order valence-corrected chi connectivity index (χ3v) is 4.17. The molecule has 0 aliphatic carbocycles. The minimum absolute atomic E-state index is 0.158. The first-order chi connectivity index (χ1) is 7.11. The van der Waals surface area contributed by atoms with Crippen molar-refractivity contribution < 1.29 is 9.53 Å². The Hall–Kier alpha value is -0.0900. The van der Waals surface area contributed by atoms with E-state index in [1.54, 1.807) is 0 Å². The van der Waals surface area contributed by atoms with Gasteiger partial charge in [0.25, 0.3) is 0 Å². The molecule has 15 heavy (non-hydrogen) atoms. The topological polar surface area (TPSA) is 38.3 Å². The first kappa shape index (κ1) is 13.0. The van der Waals surface area contributed by atoms with Crippen molar-refractivity contribution in [3.05, 3.63) is 0 Å². The van der Waals surface area contributed by atoms with E-state index in [9.17, 15) is 4.79 Å².